The fourth-order valence-corrected chi connectivity index (χ4v) is 4.62. The van der Waals surface area contributed by atoms with Crippen molar-refractivity contribution in [3.63, 3.8) is 0 Å². The number of carbonyl (C=O) groups excluding carboxylic acids is 4. The van der Waals surface area contributed by atoms with Gasteiger partial charge in [0.15, 0.2) is 0 Å². The smallest absolute Gasteiger partial charge is 0.411 e. The van der Waals surface area contributed by atoms with Crippen LogP contribution in [-0.4, -0.2) is 96.4 Å². The number of halogens is 1. The molecular formula is C27H40ClN5O6. The van der Waals surface area contributed by atoms with E-state index < -0.39 is 41.4 Å². The fourth-order valence-electron chi connectivity index (χ4n) is 4.49. The molecule has 0 radical (unpaired) electrons. The van der Waals surface area contributed by atoms with Crippen molar-refractivity contribution >= 4 is 41.3 Å². The molecule has 1 aromatic rings. The number of anilines is 1. The van der Waals surface area contributed by atoms with Gasteiger partial charge in [-0.2, -0.15) is 0 Å². The minimum absolute atomic E-state index is 0.119. The highest BCUT2D eigenvalue weighted by Crippen LogP contribution is 2.25. The Bertz CT molecular complexity index is 1040. The number of rotatable bonds is 5. The van der Waals surface area contributed by atoms with Crippen LogP contribution in [0.25, 0.3) is 0 Å². The van der Waals surface area contributed by atoms with Crippen LogP contribution in [0.3, 0.4) is 0 Å². The minimum atomic E-state index is -0.772. The molecule has 2 heterocycles. The molecule has 2 N–H and O–H groups in total. The maximum absolute atomic E-state index is 13.6. The van der Waals surface area contributed by atoms with E-state index in [1.165, 1.54) is 4.90 Å². The molecule has 2 fully saturated rings. The summed E-state index contributed by atoms with van der Waals surface area (Å²) in [6.07, 6.45) is -1.07. The molecule has 0 saturated carbocycles. The van der Waals surface area contributed by atoms with E-state index in [0.717, 1.165) is 5.69 Å². The topological polar surface area (TPSA) is 121 Å². The van der Waals surface area contributed by atoms with E-state index >= 15 is 0 Å². The number of hydrogen-bond acceptors (Lipinski definition) is 7. The van der Waals surface area contributed by atoms with Gasteiger partial charge in [0.1, 0.15) is 23.8 Å². The monoisotopic (exact) mass is 565 g/mol. The number of alkyl carbamates (subject to hydrolysis) is 1. The van der Waals surface area contributed by atoms with E-state index in [2.05, 4.69) is 15.5 Å². The van der Waals surface area contributed by atoms with Gasteiger partial charge in [-0.15, -0.1) is 0 Å². The minimum Gasteiger partial charge on any atom is -0.444 e. The average Bonchev–Trinajstić information content (AvgIpc) is 3.25. The molecule has 4 amide bonds. The zero-order chi connectivity index (χ0) is 29.0. The van der Waals surface area contributed by atoms with Crippen LogP contribution in [0.1, 0.15) is 48.0 Å². The van der Waals surface area contributed by atoms with Gasteiger partial charge in [-0.3, -0.25) is 14.5 Å². The van der Waals surface area contributed by atoms with Gasteiger partial charge in [-0.05, 0) is 72.2 Å². The maximum atomic E-state index is 13.6. The predicted octanol–water partition coefficient (Wildman–Crippen LogP) is 3.01. The SMILES string of the molecule is CC(C)(C)OC(=O)NCC(=O)N[C@@H]1C[C@@H](C(=O)N2CCN(c3ccc(Cl)cc3)CC2)N(C(=O)OC(C)(C)C)C1. The first-order valence-electron chi connectivity index (χ1n) is 13.2. The molecule has 39 heavy (non-hydrogen) atoms. The molecule has 216 valence electrons. The molecule has 0 aromatic heterocycles. The van der Waals surface area contributed by atoms with Crippen LogP contribution < -0.4 is 15.5 Å². The average molecular weight is 566 g/mol. The van der Waals surface area contributed by atoms with Gasteiger partial charge >= 0.3 is 12.2 Å². The molecule has 2 atom stereocenters. The highest BCUT2D eigenvalue weighted by atomic mass is 35.5. The number of nitrogens with one attached hydrogen (secondary N) is 2. The summed E-state index contributed by atoms with van der Waals surface area (Å²) in [5.74, 6) is -0.625. The summed E-state index contributed by atoms with van der Waals surface area (Å²) in [4.78, 5) is 56.4. The first-order chi connectivity index (χ1) is 18.1. The normalized spacial score (nSPS) is 19.9. The van der Waals surface area contributed by atoms with Gasteiger partial charge in [-0.25, -0.2) is 9.59 Å². The summed E-state index contributed by atoms with van der Waals surface area (Å²) in [5, 5.41) is 5.90. The molecule has 2 aliphatic rings. The number of nitrogens with zero attached hydrogens (tertiary/aromatic N) is 3. The third kappa shape index (κ3) is 9.19. The Labute approximate surface area is 235 Å². The number of benzene rings is 1. The highest BCUT2D eigenvalue weighted by Gasteiger charge is 2.44. The highest BCUT2D eigenvalue weighted by molar-refractivity contribution is 6.30. The third-order valence-electron chi connectivity index (χ3n) is 6.15. The van der Waals surface area contributed by atoms with Crippen LogP contribution in [0.2, 0.25) is 5.02 Å². The summed E-state index contributed by atoms with van der Waals surface area (Å²) in [5.41, 5.74) is -0.396. The van der Waals surface area contributed by atoms with E-state index in [-0.39, 0.29) is 25.4 Å². The van der Waals surface area contributed by atoms with Crippen molar-refractivity contribution in [2.75, 3.05) is 44.2 Å². The van der Waals surface area contributed by atoms with Crippen LogP contribution in [0, 0.1) is 0 Å². The maximum Gasteiger partial charge on any atom is 0.411 e. The van der Waals surface area contributed by atoms with Gasteiger partial charge in [0.25, 0.3) is 0 Å². The Morgan fingerprint density at radius 3 is 2.08 bits per heavy atom. The molecular weight excluding hydrogens is 526 g/mol. The van der Waals surface area contributed by atoms with Gasteiger partial charge < -0.3 is 29.9 Å². The number of ether oxygens (including phenoxy) is 2. The van der Waals surface area contributed by atoms with Crippen LogP contribution in [-0.2, 0) is 19.1 Å². The molecule has 0 aliphatic carbocycles. The Balaban J connectivity index is 1.62. The Morgan fingerprint density at radius 1 is 0.923 bits per heavy atom. The van der Waals surface area contributed by atoms with Crippen molar-refractivity contribution in [2.24, 2.45) is 0 Å². The summed E-state index contributed by atoms with van der Waals surface area (Å²) in [6.45, 7) is 12.6. The lowest BCUT2D eigenvalue weighted by Gasteiger charge is -2.38. The van der Waals surface area contributed by atoms with E-state index in [0.29, 0.717) is 31.2 Å². The third-order valence-corrected chi connectivity index (χ3v) is 6.41. The summed E-state index contributed by atoms with van der Waals surface area (Å²) >= 11 is 6.00. The molecule has 12 heteroatoms. The number of amides is 4. The zero-order valence-electron chi connectivity index (χ0n) is 23.6. The van der Waals surface area contributed by atoms with Gasteiger partial charge in [-0.1, -0.05) is 11.6 Å². The summed E-state index contributed by atoms with van der Waals surface area (Å²) in [6, 6.07) is 6.32. The molecule has 0 bridgehead atoms. The number of piperazine rings is 1. The largest absolute Gasteiger partial charge is 0.444 e. The van der Waals surface area contributed by atoms with E-state index in [1.54, 1.807) is 46.4 Å². The quantitative estimate of drug-likeness (QED) is 0.563. The van der Waals surface area contributed by atoms with Crippen LogP contribution in [0.4, 0.5) is 15.3 Å². The predicted molar refractivity (Wildman–Crippen MR) is 148 cm³/mol. The van der Waals surface area contributed by atoms with Crippen molar-refractivity contribution in [3.05, 3.63) is 29.3 Å². The molecule has 0 unspecified atom stereocenters. The fraction of sp³-hybridized carbons (Fsp3) is 0.630. The number of hydrogen-bond donors (Lipinski definition) is 2. The Hall–Kier alpha value is -3.21. The lowest BCUT2D eigenvalue weighted by molar-refractivity contribution is -0.136. The van der Waals surface area contributed by atoms with E-state index in [9.17, 15) is 19.2 Å². The van der Waals surface area contributed by atoms with Crippen molar-refractivity contribution in [1.82, 2.24) is 20.4 Å². The second-order valence-electron chi connectivity index (χ2n) is 11.8. The molecule has 11 nitrogen and oxygen atoms in total. The van der Waals surface area contributed by atoms with Crippen molar-refractivity contribution in [3.8, 4) is 0 Å². The molecule has 1 aromatic carbocycles. The van der Waals surface area contributed by atoms with Crippen molar-refractivity contribution in [2.45, 2.75) is 71.2 Å². The lowest BCUT2D eigenvalue weighted by atomic mass is 10.1. The van der Waals surface area contributed by atoms with Crippen molar-refractivity contribution < 1.29 is 28.7 Å². The first kappa shape index (κ1) is 30.3. The number of carbonyl (C=O) groups is 4. The molecule has 2 saturated heterocycles. The van der Waals surface area contributed by atoms with E-state index in [4.69, 9.17) is 21.1 Å². The standard InChI is InChI=1S/C27H40ClN5O6/c1-26(2,3)38-24(36)29-16-22(34)30-19-15-21(33(17-19)25(37)39-27(4,5)6)23(35)32-13-11-31(12-14-32)20-9-7-18(28)8-10-20/h7-10,19,21H,11-17H2,1-6H3,(H,29,36)(H,30,34)/t19-,21+/m1/s1. The van der Waals surface area contributed by atoms with Crippen LogP contribution in [0.15, 0.2) is 24.3 Å². The Morgan fingerprint density at radius 2 is 1.51 bits per heavy atom. The second-order valence-corrected chi connectivity index (χ2v) is 12.2. The zero-order valence-corrected chi connectivity index (χ0v) is 24.3. The first-order valence-corrected chi connectivity index (χ1v) is 13.5. The lowest BCUT2D eigenvalue weighted by Crippen LogP contribution is -2.54. The van der Waals surface area contributed by atoms with Gasteiger partial charge in [0.05, 0.1) is 0 Å². The summed E-state index contributed by atoms with van der Waals surface area (Å²) in [7, 11) is 0. The van der Waals surface area contributed by atoms with Crippen molar-refractivity contribution in [1.29, 1.82) is 0 Å². The second kappa shape index (κ2) is 12.3. The molecule has 0 spiro atoms. The molecule has 2 aliphatic heterocycles. The van der Waals surface area contributed by atoms with E-state index in [1.807, 2.05) is 24.3 Å². The molecule has 3 rings (SSSR count). The van der Waals surface area contributed by atoms with Gasteiger partial charge in [0.2, 0.25) is 11.8 Å². The van der Waals surface area contributed by atoms with Gasteiger partial charge in [0, 0.05) is 49.5 Å². The summed E-state index contributed by atoms with van der Waals surface area (Å²) < 4.78 is 10.7. The number of likely N-dealkylation sites (tertiary alicyclic amines) is 1. The Kier molecular flexibility index (Phi) is 9.58. The van der Waals surface area contributed by atoms with Crippen LogP contribution in [0.5, 0.6) is 0 Å². The van der Waals surface area contributed by atoms with Crippen LogP contribution >= 0.6 is 11.6 Å².